The van der Waals surface area contributed by atoms with Crippen LogP contribution in [0.1, 0.15) is 10.4 Å². The lowest BCUT2D eigenvalue weighted by Crippen LogP contribution is -2.10. The van der Waals surface area contributed by atoms with Gasteiger partial charge in [-0.2, -0.15) is 0 Å². The zero-order chi connectivity index (χ0) is 6.69. The van der Waals surface area contributed by atoms with Crippen molar-refractivity contribution in [2.45, 2.75) is 0 Å². The summed E-state index contributed by atoms with van der Waals surface area (Å²) >= 11 is 0. The maximum atomic E-state index is 10.4. The standard InChI is InChI=1S/C6H6N2O.3ClH/c7-6(9)5-2-1-3-8-4-5;;;/h1-4H,(H2,7,9);3*1H. The fourth-order valence-electron chi connectivity index (χ4n) is 0.509. The van der Waals surface area contributed by atoms with Crippen LogP contribution in [-0.2, 0) is 0 Å². The number of primary amides is 1. The molecule has 0 aliphatic rings. The van der Waals surface area contributed by atoms with Crippen molar-refractivity contribution in [3.05, 3.63) is 30.1 Å². The monoisotopic (exact) mass is 230 g/mol. The van der Waals surface area contributed by atoms with E-state index in [4.69, 9.17) is 5.73 Å². The van der Waals surface area contributed by atoms with E-state index in [1.807, 2.05) is 0 Å². The first-order chi connectivity index (χ1) is 4.30. The first-order valence-electron chi connectivity index (χ1n) is 2.50. The minimum absolute atomic E-state index is 0. The van der Waals surface area contributed by atoms with Crippen molar-refractivity contribution in [1.29, 1.82) is 0 Å². The number of pyridine rings is 1. The average Bonchev–Trinajstić information content (AvgIpc) is 1.90. The van der Waals surface area contributed by atoms with Crippen LogP contribution in [0.2, 0.25) is 0 Å². The molecular weight excluding hydrogens is 222 g/mol. The van der Waals surface area contributed by atoms with Crippen molar-refractivity contribution >= 4 is 43.1 Å². The van der Waals surface area contributed by atoms with Crippen molar-refractivity contribution < 1.29 is 4.79 Å². The van der Waals surface area contributed by atoms with Gasteiger partial charge >= 0.3 is 0 Å². The second kappa shape index (κ2) is 8.59. The predicted octanol–water partition coefficient (Wildman–Crippen LogP) is 1.45. The number of nitrogens with two attached hydrogens (primary N) is 1. The molecule has 0 aromatic carbocycles. The predicted molar refractivity (Wildman–Crippen MR) is 54.5 cm³/mol. The topological polar surface area (TPSA) is 56.0 Å². The highest BCUT2D eigenvalue weighted by Gasteiger charge is 1.94. The van der Waals surface area contributed by atoms with E-state index in [-0.39, 0.29) is 37.2 Å². The van der Waals surface area contributed by atoms with Gasteiger partial charge in [0.05, 0.1) is 5.56 Å². The Kier molecular flexibility index (Phi) is 12.5. The third-order valence-electron chi connectivity index (χ3n) is 0.946. The molecule has 3 nitrogen and oxygen atoms in total. The van der Waals surface area contributed by atoms with Crippen LogP contribution in [0, 0.1) is 0 Å². The van der Waals surface area contributed by atoms with Crippen molar-refractivity contribution in [1.82, 2.24) is 4.98 Å². The van der Waals surface area contributed by atoms with Crippen LogP contribution >= 0.6 is 37.2 Å². The number of nitrogens with zero attached hydrogens (tertiary/aromatic N) is 1. The lowest BCUT2D eigenvalue weighted by molar-refractivity contribution is 0.1000. The Morgan fingerprint density at radius 3 is 2.17 bits per heavy atom. The lowest BCUT2D eigenvalue weighted by Gasteiger charge is -1.88. The summed E-state index contributed by atoms with van der Waals surface area (Å²) in [5, 5.41) is 0. The Bertz CT molecular complexity index is 217. The third-order valence-corrected chi connectivity index (χ3v) is 0.946. The molecule has 6 heteroatoms. The Hall–Kier alpha value is -0.510. The van der Waals surface area contributed by atoms with E-state index < -0.39 is 5.91 Å². The molecule has 0 saturated carbocycles. The van der Waals surface area contributed by atoms with Gasteiger partial charge in [0, 0.05) is 12.4 Å². The molecule has 1 aromatic rings. The summed E-state index contributed by atoms with van der Waals surface area (Å²) in [4.78, 5) is 14.1. The summed E-state index contributed by atoms with van der Waals surface area (Å²) in [6.07, 6.45) is 3.02. The fraction of sp³-hybridized carbons (Fsp3) is 0. The van der Waals surface area contributed by atoms with Crippen molar-refractivity contribution in [2.24, 2.45) is 5.73 Å². The molecule has 0 radical (unpaired) electrons. The van der Waals surface area contributed by atoms with Gasteiger partial charge < -0.3 is 5.73 Å². The summed E-state index contributed by atoms with van der Waals surface area (Å²) in [6, 6.07) is 3.29. The molecule has 1 aromatic heterocycles. The van der Waals surface area contributed by atoms with Gasteiger partial charge in [0.15, 0.2) is 0 Å². The first kappa shape index (κ1) is 17.5. The largest absolute Gasteiger partial charge is 0.366 e. The number of hydrogen-bond acceptors (Lipinski definition) is 2. The Labute approximate surface area is 89.0 Å². The zero-order valence-electron chi connectivity index (χ0n) is 5.97. The molecule has 0 saturated heterocycles. The van der Waals surface area contributed by atoms with E-state index in [0.717, 1.165) is 0 Å². The van der Waals surface area contributed by atoms with Crippen LogP contribution in [0.25, 0.3) is 0 Å². The van der Waals surface area contributed by atoms with Crippen molar-refractivity contribution in [3.63, 3.8) is 0 Å². The van der Waals surface area contributed by atoms with Crippen LogP contribution in [-0.4, -0.2) is 10.9 Å². The molecule has 0 aliphatic carbocycles. The molecular formula is C6H9Cl3N2O. The number of rotatable bonds is 1. The van der Waals surface area contributed by atoms with E-state index in [0.29, 0.717) is 5.56 Å². The molecule has 0 aliphatic heterocycles. The molecule has 1 amide bonds. The number of hydrogen-bond donors (Lipinski definition) is 1. The van der Waals surface area contributed by atoms with Gasteiger partial charge in [-0.25, -0.2) is 0 Å². The molecule has 0 bridgehead atoms. The molecule has 2 N–H and O–H groups in total. The number of halogens is 3. The van der Waals surface area contributed by atoms with E-state index in [1.165, 1.54) is 6.20 Å². The second-order valence-corrected chi connectivity index (χ2v) is 1.61. The van der Waals surface area contributed by atoms with Crippen molar-refractivity contribution in [2.75, 3.05) is 0 Å². The number of carbonyl (C=O) groups excluding carboxylic acids is 1. The Morgan fingerprint density at radius 1 is 1.33 bits per heavy atom. The number of carbonyl (C=O) groups is 1. The molecule has 0 unspecified atom stereocenters. The van der Waals surface area contributed by atoms with Gasteiger partial charge in [-0.3, -0.25) is 9.78 Å². The molecule has 0 fully saturated rings. The van der Waals surface area contributed by atoms with Gasteiger partial charge in [-0.05, 0) is 12.1 Å². The van der Waals surface area contributed by atoms with Gasteiger partial charge in [-0.1, -0.05) is 0 Å². The third kappa shape index (κ3) is 5.18. The summed E-state index contributed by atoms with van der Waals surface area (Å²) in [6.45, 7) is 0. The maximum absolute atomic E-state index is 10.4. The van der Waals surface area contributed by atoms with Gasteiger partial charge in [0.25, 0.3) is 0 Å². The highest BCUT2D eigenvalue weighted by Crippen LogP contribution is 1.91. The van der Waals surface area contributed by atoms with Gasteiger partial charge in [0.2, 0.25) is 5.91 Å². The Morgan fingerprint density at radius 2 is 1.92 bits per heavy atom. The second-order valence-electron chi connectivity index (χ2n) is 1.61. The minimum Gasteiger partial charge on any atom is -0.366 e. The summed E-state index contributed by atoms with van der Waals surface area (Å²) in [7, 11) is 0. The molecule has 0 atom stereocenters. The molecule has 1 rings (SSSR count). The summed E-state index contributed by atoms with van der Waals surface area (Å²) in [5.41, 5.74) is 5.38. The fourth-order valence-corrected chi connectivity index (χ4v) is 0.509. The quantitative estimate of drug-likeness (QED) is 0.795. The minimum atomic E-state index is -0.442. The summed E-state index contributed by atoms with van der Waals surface area (Å²) < 4.78 is 0. The van der Waals surface area contributed by atoms with Crippen LogP contribution < -0.4 is 5.73 Å². The zero-order valence-corrected chi connectivity index (χ0v) is 8.42. The van der Waals surface area contributed by atoms with Crippen molar-refractivity contribution in [3.8, 4) is 0 Å². The smallest absolute Gasteiger partial charge is 0.250 e. The first-order valence-corrected chi connectivity index (χ1v) is 2.50. The molecule has 12 heavy (non-hydrogen) atoms. The lowest BCUT2D eigenvalue weighted by atomic mass is 10.3. The van der Waals surface area contributed by atoms with Crippen LogP contribution in [0.3, 0.4) is 0 Å². The van der Waals surface area contributed by atoms with Crippen LogP contribution in [0.4, 0.5) is 0 Å². The molecule has 70 valence electrons. The number of amides is 1. The van der Waals surface area contributed by atoms with Gasteiger partial charge in [-0.15, -0.1) is 37.2 Å². The molecule has 0 spiro atoms. The highest BCUT2D eigenvalue weighted by atomic mass is 35.5. The van der Waals surface area contributed by atoms with E-state index in [2.05, 4.69) is 4.98 Å². The Balaban J connectivity index is -0.000000270. The molecule has 1 heterocycles. The SMILES string of the molecule is Cl.Cl.Cl.NC(=O)c1cccnc1. The van der Waals surface area contributed by atoms with E-state index >= 15 is 0 Å². The highest BCUT2D eigenvalue weighted by molar-refractivity contribution is 5.92. The maximum Gasteiger partial charge on any atom is 0.250 e. The average molecular weight is 232 g/mol. The van der Waals surface area contributed by atoms with E-state index in [9.17, 15) is 4.79 Å². The number of aromatic nitrogens is 1. The van der Waals surface area contributed by atoms with Crippen LogP contribution in [0.15, 0.2) is 24.5 Å². The van der Waals surface area contributed by atoms with E-state index in [1.54, 1.807) is 18.3 Å². The summed E-state index contributed by atoms with van der Waals surface area (Å²) in [5.74, 6) is -0.442. The van der Waals surface area contributed by atoms with Gasteiger partial charge in [0.1, 0.15) is 0 Å². The van der Waals surface area contributed by atoms with Crippen LogP contribution in [0.5, 0.6) is 0 Å². The normalized spacial score (nSPS) is 6.67.